The van der Waals surface area contributed by atoms with Crippen LogP contribution < -0.4 is 5.73 Å². The van der Waals surface area contributed by atoms with Crippen molar-refractivity contribution in [3.63, 3.8) is 0 Å². The van der Waals surface area contributed by atoms with Gasteiger partial charge in [0.05, 0.1) is 30.6 Å². The molecule has 6 heteroatoms. The maximum Gasteiger partial charge on any atom is 0.0862 e. The van der Waals surface area contributed by atoms with Crippen molar-refractivity contribution in [1.29, 1.82) is 0 Å². The van der Waals surface area contributed by atoms with Crippen LogP contribution in [0.1, 0.15) is 12.8 Å². The lowest BCUT2D eigenvalue weighted by Gasteiger charge is -2.33. The molecule has 0 aliphatic carbocycles. The van der Waals surface area contributed by atoms with E-state index in [1.54, 1.807) is 24.2 Å². The van der Waals surface area contributed by atoms with E-state index < -0.39 is 6.10 Å². The topological polar surface area (TPSA) is 76.5 Å². The van der Waals surface area contributed by atoms with Gasteiger partial charge in [-0.1, -0.05) is 0 Å². The summed E-state index contributed by atoms with van der Waals surface area (Å²) < 4.78 is 7.05. The number of β-amino-alcohol motifs (C(OH)–C–C–N with tert-alkyl or cyclic N) is 1. The Kier molecular flexibility index (Phi) is 4.57. The third-order valence-electron chi connectivity index (χ3n) is 3.32. The van der Waals surface area contributed by atoms with Crippen molar-refractivity contribution < 1.29 is 9.84 Å². The number of hydrogen-bond acceptors (Lipinski definition) is 5. The Balaban J connectivity index is 1.78. The van der Waals surface area contributed by atoms with E-state index >= 15 is 0 Å². The van der Waals surface area contributed by atoms with Crippen molar-refractivity contribution in [2.75, 3.05) is 32.5 Å². The molecule has 0 bridgehead atoms. The maximum absolute atomic E-state index is 10.0. The zero-order chi connectivity index (χ0) is 13.0. The SMILES string of the molecule is COC1CCCN(CC(O)Cn2cc(N)cn2)C1. The molecule has 102 valence electrons. The highest BCUT2D eigenvalue weighted by molar-refractivity contribution is 5.30. The minimum absolute atomic E-state index is 0.297. The number of hydrogen-bond donors (Lipinski definition) is 2. The number of aromatic nitrogens is 2. The smallest absolute Gasteiger partial charge is 0.0862 e. The molecule has 0 radical (unpaired) electrons. The Morgan fingerprint density at radius 1 is 1.61 bits per heavy atom. The molecule has 1 saturated heterocycles. The highest BCUT2D eigenvalue weighted by atomic mass is 16.5. The van der Waals surface area contributed by atoms with Gasteiger partial charge in [0.2, 0.25) is 0 Å². The molecule has 3 N–H and O–H groups in total. The average molecular weight is 254 g/mol. The van der Waals surface area contributed by atoms with Crippen LogP contribution in [0.3, 0.4) is 0 Å². The fourth-order valence-electron chi connectivity index (χ4n) is 2.42. The van der Waals surface area contributed by atoms with Crippen LogP contribution in [0.2, 0.25) is 0 Å². The molecule has 1 aliphatic rings. The summed E-state index contributed by atoms with van der Waals surface area (Å²) in [4.78, 5) is 2.25. The number of likely N-dealkylation sites (tertiary alicyclic amines) is 1. The van der Waals surface area contributed by atoms with Crippen LogP contribution in [-0.4, -0.2) is 58.7 Å². The summed E-state index contributed by atoms with van der Waals surface area (Å²) >= 11 is 0. The Labute approximate surface area is 107 Å². The third kappa shape index (κ3) is 3.69. The molecule has 2 rings (SSSR count). The van der Waals surface area contributed by atoms with Gasteiger partial charge in [0, 0.05) is 26.4 Å². The minimum atomic E-state index is -0.431. The Hall–Kier alpha value is -1.11. The number of piperidine rings is 1. The molecule has 1 aromatic rings. The average Bonchev–Trinajstić information content (AvgIpc) is 2.74. The number of ether oxygens (including phenoxy) is 1. The molecule has 1 aliphatic heterocycles. The summed E-state index contributed by atoms with van der Waals surface area (Å²) in [5.74, 6) is 0. The van der Waals surface area contributed by atoms with Gasteiger partial charge >= 0.3 is 0 Å². The van der Waals surface area contributed by atoms with Crippen molar-refractivity contribution in [3.8, 4) is 0 Å². The number of aliphatic hydroxyl groups is 1. The summed E-state index contributed by atoms with van der Waals surface area (Å²) in [7, 11) is 1.75. The summed E-state index contributed by atoms with van der Waals surface area (Å²) in [5.41, 5.74) is 6.21. The number of aliphatic hydroxyl groups excluding tert-OH is 1. The predicted octanol–water partition coefficient (Wildman–Crippen LogP) is -0.0630. The fourth-order valence-corrected chi connectivity index (χ4v) is 2.42. The van der Waals surface area contributed by atoms with Crippen LogP contribution in [0, 0.1) is 0 Å². The van der Waals surface area contributed by atoms with Gasteiger partial charge in [0.1, 0.15) is 0 Å². The first-order chi connectivity index (χ1) is 8.67. The monoisotopic (exact) mass is 254 g/mol. The van der Waals surface area contributed by atoms with E-state index in [-0.39, 0.29) is 0 Å². The van der Waals surface area contributed by atoms with Gasteiger partial charge in [-0.25, -0.2) is 0 Å². The fraction of sp³-hybridized carbons (Fsp3) is 0.750. The lowest BCUT2D eigenvalue weighted by Crippen LogP contribution is -2.43. The quantitative estimate of drug-likeness (QED) is 0.769. The molecule has 0 saturated carbocycles. The first-order valence-corrected chi connectivity index (χ1v) is 6.38. The molecule has 2 heterocycles. The van der Waals surface area contributed by atoms with Crippen LogP contribution in [0.4, 0.5) is 5.69 Å². The predicted molar refractivity (Wildman–Crippen MR) is 69.1 cm³/mol. The molecule has 0 spiro atoms. The summed E-state index contributed by atoms with van der Waals surface area (Å²) in [6, 6.07) is 0. The highest BCUT2D eigenvalue weighted by Gasteiger charge is 2.21. The molecule has 0 aromatic carbocycles. The number of nitrogens with two attached hydrogens (primary N) is 1. The number of methoxy groups -OCH3 is 1. The molecule has 2 unspecified atom stereocenters. The van der Waals surface area contributed by atoms with E-state index in [2.05, 4.69) is 10.00 Å². The number of rotatable bonds is 5. The second-order valence-corrected chi connectivity index (χ2v) is 4.91. The van der Waals surface area contributed by atoms with Crippen LogP contribution in [0.25, 0.3) is 0 Å². The molecule has 1 fully saturated rings. The second-order valence-electron chi connectivity index (χ2n) is 4.91. The molecule has 1 aromatic heterocycles. The highest BCUT2D eigenvalue weighted by Crippen LogP contribution is 2.13. The largest absolute Gasteiger partial charge is 0.396 e. The standard InChI is InChI=1S/C12H22N4O2/c1-18-12-3-2-4-15(9-12)7-11(17)8-16-6-10(13)5-14-16/h5-6,11-12,17H,2-4,7-9,13H2,1H3. The maximum atomic E-state index is 10.0. The van der Waals surface area contributed by atoms with Gasteiger partial charge in [0.25, 0.3) is 0 Å². The molecule has 2 atom stereocenters. The summed E-state index contributed by atoms with van der Waals surface area (Å²) in [6.07, 6.45) is 5.43. The van der Waals surface area contributed by atoms with Crippen molar-refractivity contribution in [1.82, 2.24) is 14.7 Å². The number of anilines is 1. The number of nitrogen functional groups attached to an aromatic ring is 1. The second kappa shape index (κ2) is 6.17. The zero-order valence-corrected chi connectivity index (χ0v) is 10.8. The van der Waals surface area contributed by atoms with E-state index in [1.165, 1.54) is 0 Å². The molecule has 6 nitrogen and oxygen atoms in total. The molecule has 18 heavy (non-hydrogen) atoms. The van der Waals surface area contributed by atoms with Crippen molar-refractivity contribution in [3.05, 3.63) is 12.4 Å². The summed E-state index contributed by atoms with van der Waals surface area (Å²) in [6.45, 7) is 3.05. The summed E-state index contributed by atoms with van der Waals surface area (Å²) in [5, 5.41) is 14.1. The van der Waals surface area contributed by atoms with Gasteiger partial charge in [-0.3, -0.25) is 9.58 Å². The minimum Gasteiger partial charge on any atom is -0.396 e. The van der Waals surface area contributed by atoms with E-state index in [1.807, 2.05) is 0 Å². The van der Waals surface area contributed by atoms with Crippen LogP contribution >= 0.6 is 0 Å². The van der Waals surface area contributed by atoms with Crippen molar-refractivity contribution in [2.24, 2.45) is 0 Å². The molecular weight excluding hydrogens is 232 g/mol. The van der Waals surface area contributed by atoms with Crippen molar-refractivity contribution >= 4 is 5.69 Å². The number of nitrogens with zero attached hydrogens (tertiary/aromatic N) is 3. The lowest BCUT2D eigenvalue weighted by molar-refractivity contribution is 0.00982. The normalized spacial score (nSPS) is 23.1. The van der Waals surface area contributed by atoms with E-state index in [9.17, 15) is 5.11 Å². The Morgan fingerprint density at radius 2 is 2.44 bits per heavy atom. The van der Waals surface area contributed by atoms with Gasteiger partial charge in [-0.15, -0.1) is 0 Å². The first kappa shape index (κ1) is 13.3. The van der Waals surface area contributed by atoms with Gasteiger partial charge in [-0.05, 0) is 19.4 Å². The van der Waals surface area contributed by atoms with Crippen LogP contribution in [0.15, 0.2) is 12.4 Å². The Morgan fingerprint density at radius 3 is 3.11 bits per heavy atom. The van der Waals surface area contributed by atoms with E-state index in [4.69, 9.17) is 10.5 Å². The van der Waals surface area contributed by atoms with Crippen LogP contribution in [0.5, 0.6) is 0 Å². The van der Waals surface area contributed by atoms with E-state index in [0.717, 1.165) is 25.9 Å². The molecule has 0 amide bonds. The zero-order valence-electron chi connectivity index (χ0n) is 10.8. The van der Waals surface area contributed by atoms with Gasteiger partial charge in [0.15, 0.2) is 0 Å². The lowest BCUT2D eigenvalue weighted by atomic mass is 10.1. The molecular formula is C12H22N4O2. The van der Waals surface area contributed by atoms with Gasteiger partial charge < -0.3 is 15.6 Å². The van der Waals surface area contributed by atoms with Crippen molar-refractivity contribution in [2.45, 2.75) is 31.6 Å². The Bertz CT molecular complexity index is 369. The third-order valence-corrected chi connectivity index (χ3v) is 3.32. The van der Waals surface area contributed by atoms with Crippen LogP contribution in [-0.2, 0) is 11.3 Å². The first-order valence-electron chi connectivity index (χ1n) is 6.38. The van der Waals surface area contributed by atoms with Gasteiger partial charge in [-0.2, -0.15) is 5.10 Å². The van der Waals surface area contributed by atoms with E-state index in [0.29, 0.717) is 24.9 Å².